The van der Waals surface area contributed by atoms with E-state index in [0.717, 1.165) is 42.1 Å². The van der Waals surface area contributed by atoms with E-state index in [1.165, 1.54) is 0 Å². The first-order valence-corrected chi connectivity index (χ1v) is 11.9. The first-order valence-electron chi connectivity index (χ1n) is 9.65. The van der Waals surface area contributed by atoms with Gasteiger partial charge in [-0.2, -0.15) is 0 Å². The zero-order valence-corrected chi connectivity index (χ0v) is 18.3. The molecule has 148 valence electrons. The molecule has 1 spiro atoms. The Morgan fingerprint density at radius 3 is 2.44 bits per heavy atom. The summed E-state index contributed by atoms with van der Waals surface area (Å²) in [6.45, 7) is 4.70. The Labute approximate surface area is 170 Å². The number of nitrogens with zero attached hydrogens (tertiary/aromatic N) is 1. The van der Waals surface area contributed by atoms with Crippen molar-refractivity contribution in [1.82, 2.24) is 9.62 Å². The number of carbonyl (C=O) groups excluding carboxylic acids is 1. The van der Waals surface area contributed by atoms with Gasteiger partial charge in [-0.05, 0) is 31.4 Å². The molecule has 1 aliphatic carbocycles. The van der Waals surface area contributed by atoms with Crippen LogP contribution in [0.2, 0.25) is 0 Å². The lowest BCUT2D eigenvalue weighted by Gasteiger charge is -2.37. The summed E-state index contributed by atoms with van der Waals surface area (Å²) in [6, 6.07) is 7.41. The second-order valence-electron chi connectivity index (χ2n) is 7.30. The zero-order chi connectivity index (χ0) is 19.7. The maximum atomic E-state index is 13.2. The van der Waals surface area contributed by atoms with Gasteiger partial charge in [-0.25, -0.2) is 13.1 Å². The van der Waals surface area contributed by atoms with Crippen molar-refractivity contribution in [3.63, 3.8) is 0 Å². The van der Waals surface area contributed by atoms with Crippen LogP contribution in [0.1, 0.15) is 57.9 Å². The Kier molecular flexibility index (Phi) is 6.13. The van der Waals surface area contributed by atoms with Gasteiger partial charge < -0.3 is 4.90 Å². The number of amides is 1. The number of likely N-dealkylation sites (N-methyl/N-ethyl adjacent to an activating group) is 1. The van der Waals surface area contributed by atoms with Crippen molar-refractivity contribution in [2.24, 2.45) is 0 Å². The standard InChI is InChI=1S/C20H27BrN2O3S/c1-3-18(24)23(4-2)14-16-19(15-10-6-7-11-17(15)21)27(25,26)22-20(16)12-8-5-9-13-20/h6-7,10-11,22H,3-5,8-9,12-14H2,1-2H3. The maximum Gasteiger partial charge on any atom is 0.242 e. The van der Waals surface area contributed by atoms with Gasteiger partial charge in [-0.15, -0.1) is 0 Å². The van der Waals surface area contributed by atoms with Crippen molar-refractivity contribution in [2.45, 2.75) is 57.9 Å². The van der Waals surface area contributed by atoms with E-state index < -0.39 is 15.6 Å². The third-order valence-corrected chi connectivity index (χ3v) is 8.02. The predicted molar refractivity (Wildman–Crippen MR) is 111 cm³/mol. The van der Waals surface area contributed by atoms with Crippen LogP contribution in [0.5, 0.6) is 0 Å². The van der Waals surface area contributed by atoms with Crippen LogP contribution in [-0.4, -0.2) is 37.9 Å². The molecule has 1 aromatic carbocycles. The smallest absolute Gasteiger partial charge is 0.242 e. The average Bonchev–Trinajstić information content (AvgIpc) is 2.85. The topological polar surface area (TPSA) is 66.5 Å². The van der Waals surface area contributed by atoms with Gasteiger partial charge in [-0.1, -0.05) is 60.3 Å². The Bertz CT molecular complexity index is 858. The van der Waals surface area contributed by atoms with Crippen molar-refractivity contribution in [1.29, 1.82) is 0 Å². The number of carbonyl (C=O) groups is 1. The fourth-order valence-corrected chi connectivity index (χ4v) is 6.88. The first-order chi connectivity index (χ1) is 12.8. The van der Waals surface area contributed by atoms with Crippen molar-refractivity contribution < 1.29 is 13.2 Å². The Balaban J connectivity index is 2.20. The van der Waals surface area contributed by atoms with Gasteiger partial charge in [-0.3, -0.25) is 4.79 Å². The molecule has 0 unspecified atom stereocenters. The summed E-state index contributed by atoms with van der Waals surface area (Å²) in [6.07, 6.45) is 5.08. The van der Waals surface area contributed by atoms with Gasteiger partial charge in [0.05, 0.1) is 10.4 Å². The number of nitrogens with one attached hydrogen (secondary N) is 1. The fourth-order valence-electron chi connectivity index (χ4n) is 4.28. The highest BCUT2D eigenvalue weighted by molar-refractivity contribution is 9.10. The molecule has 27 heavy (non-hydrogen) atoms. The van der Waals surface area contributed by atoms with Crippen LogP contribution in [0.3, 0.4) is 0 Å². The van der Waals surface area contributed by atoms with Crippen LogP contribution in [0, 0.1) is 0 Å². The minimum absolute atomic E-state index is 0.0479. The first kappa shape index (κ1) is 20.6. The summed E-state index contributed by atoms with van der Waals surface area (Å²) in [5.41, 5.74) is 0.948. The van der Waals surface area contributed by atoms with Crippen LogP contribution < -0.4 is 4.72 Å². The molecule has 1 aromatic rings. The van der Waals surface area contributed by atoms with E-state index in [2.05, 4.69) is 20.7 Å². The molecular weight excluding hydrogens is 428 g/mol. The van der Waals surface area contributed by atoms with Gasteiger partial charge in [0, 0.05) is 29.5 Å². The normalized spacial score (nSPS) is 20.9. The van der Waals surface area contributed by atoms with Crippen LogP contribution >= 0.6 is 15.9 Å². The predicted octanol–water partition coefficient (Wildman–Crippen LogP) is 4.05. The number of hydrogen-bond acceptors (Lipinski definition) is 3. The van der Waals surface area contributed by atoms with E-state index in [1.807, 2.05) is 38.1 Å². The van der Waals surface area contributed by atoms with E-state index in [9.17, 15) is 13.2 Å². The number of halogens is 1. The number of benzene rings is 1. The molecular formula is C20H27BrN2O3S. The lowest BCUT2D eigenvalue weighted by molar-refractivity contribution is -0.130. The third-order valence-electron chi connectivity index (χ3n) is 5.66. The monoisotopic (exact) mass is 454 g/mol. The van der Waals surface area contributed by atoms with E-state index in [-0.39, 0.29) is 5.91 Å². The highest BCUT2D eigenvalue weighted by Crippen LogP contribution is 2.46. The van der Waals surface area contributed by atoms with E-state index in [0.29, 0.717) is 30.0 Å². The molecule has 5 nitrogen and oxygen atoms in total. The van der Waals surface area contributed by atoms with Crippen molar-refractivity contribution in [3.05, 3.63) is 39.9 Å². The molecule has 0 atom stereocenters. The summed E-state index contributed by atoms with van der Waals surface area (Å²) in [5, 5.41) is 0. The second kappa shape index (κ2) is 8.05. The van der Waals surface area contributed by atoms with Crippen molar-refractivity contribution in [3.8, 4) is 0 Å². The van der Waals surface area contributed by atoms with Gasteiger partial charge in [0.15, 0.2) is 0 Å². The van der Waals surface area contributed by atoms with Gasteiger partial charge >= 0.3 is 0 Å². The molecule has 2 aliphatic rings. The molecule has 1 amide bonds. The highest BCUT2D eigenvalue weighted by Gasteiger charge is 2.49. The fraction of sp³-hybridized carbons (Fsp3) is 0.550. The van der Waals surface area contributed by atoms with Crippen LogP contribution in [-0.2, 0) is 14.8 Å². The second-order valence-corrected chi connectivity index (χ2v) is 9.77. The molecule has 3 rings (SSSR count). The van der Waals surface area contributed by atoms with Gasteiger partial charge in [0.25, 0.3) is 0 Å². The number of hydrogen-bond donors (Lipinski definition) is 1. The SMILES string of the molecule is CCC(=O)N(CC)CC1=C(c2ccccc2Br)S(=O)(=O)NC12CCCCC2. The lowest BCUT2D eigenvalue weighted by atomic mass is 9.76. The van der Waals surface area contributed by atoms with E-state index >= 15 is 0 Å². The number of sulfonamides is 1. The Hall–Kier alpha value is -1.18. The molecule has 0 saturated heterocycles. The Morgan fingerprint density at radius 1 is 1.19 bits per heavy atom. The molecule has 0 bridgehead atoms. The summed E-state index contributed by atoms with van der Waals surface area (Å²) >= 11 is 3.52. The molecule has 1 fully saturated rings. The molecule has 1 heterocycles. The average molecular weight is 455 g/mol. The molecule has 1 saturated carbocycles. The molecule has 1 aliphatic heterocycles. The van der Waals surface area contributed by atoms with Gasteiger partial charge in [0.2, 0.25) is 15.9 Å². The minimum Gasteiger partial charge on any atom is -0.339 e. The van der Waals surface area contributed by atoms with E-state index in [1.54, 1.807) is 4.90 Å². The lowest BCUT2D eigenvalue weighted by Crippen LogP contribution is -2.48. The third kappa shape index (κ3) is 3.87. The van der Waals surface area contributed by atoms with E-state index in [4.69, 9.17) is 0 Å². The maximum absolute atomic E-state index is 13.2. The molecule has 0 radical (unpaired) electrons. The molecule has 0 aromatic heterocycles. The van der Waals surface area contributed by atoms with Crippen LogP contribution in [0.4, 0.5) is 0 Å². The summed E-state index contributed by atoms with van der Waals surface area (Å²) in [4.78, 5) is 14.5. The van der Waals surface area contributed by atoms with Crippen molar-refractivity contribution >= 4 is 36.8 Å². The largest absolute Gasteiger partial charge is 0.339 e. The quantitative estimate of drug-likeness (QED) is 0.729. The molecule has 1 N–H and O–H groups in total. The zero-order valence-electron chi connectivity index (χ0n) is 15.9. The van der Waals surface area contributed by atoms with Crippen LogP contribution in [0.25, 0.3) is 4.91 Å². The Morgan fingerprint density at radius 2 is 1.85 bits per heavy atom. The number of rotatable bonds is 5. The highest BCUT2D eigenvalue weighted by atomic mass is 79.9. The van der Waals surface area contributed by atoms with Crippen molar-refractivity contribution in [2.75, 3.05) is 13.1 Å². The molecule has 7 heteroatoms. The van der Waals surface area contributed by atoms with Gasteiger partial charge in [0.1, 0.15) is 0 Å². The summed E-state index contributed by atoms with van der Waals surface area (Å²) in [7, 11) is -3.64. The minimum atomic E-state index is -3.64. The van der Waals surface area contributed by atoms with Crippen LogP contribution in [0.15, 0.2) is 34.3 Å². The summed E-state index contributed by atoms with van der Waals surface area (Å²) in [5.74, 6) is 0.0479. The summed E-state index contributed by atoms with van der Waals surface area (Å²) < 4.78 is 30.2.